The minimum absolute atomic E-state index is 0.295. The Bertz CT molecular complexity index is 871. The normalized spacial score (nSPS) is 16.0. The number of amides is 1. The summed E-state index contributed by atoms with van der Waals surface area (Å²) in [6.07, 6.45) is 2.36. The summed E-state index contributed by atoms with van der Waals surface area (Å²) in [6, 6.07) is 7.89. The van der Waals surface area contributed by atoms with Crippen LogP contribution in [-0.4, -0.2) is 28.0 Å². The molecule has 1 atom stereocenters. The van der Waals surface area contributed by atoms with Crippen molar-refractivity contribution in [3.63, 3.8) is 0 Å². The molecule has 1 amide bonds. The van der Waals surface area contributed by atoms with Crippen LogP contribution in [0, 0.1) is 24.2 Å². The van der Waals surface area contributed by atoms with Gasteiger partial charge in [0.05, 0.1) is 17.8 Å². The van der Waals surface area contributed by atoms with Gasteiger partial charge >= 0.3 is 6.09 Å². The molecule has 1 N–H and O–H groups in total. The Morgan fingerprint density at radius 2 is 2.19 bits per heavy atom. The van der Waals surface area contributed by atoms with Crippen LogP contribution < -0.4 is 5.32 Å². The number of benzene rings is 1. The van der Waals surface area contributed by atoms with Crippen LogP contribution in [0.2, 0.25) is 0 Å². The number of hydrogen-bond donors (Lipinski definition) is 1. The molecular formula is C20H24N4O2. The highest BCUT2D eigenvalue weighted by molar-refractivity contribution is 5.70. The lowest BCUT2D eigenvalue weighted by molar-refractivity contribution is 0.0519. The molecule has 26 heavy (non-hydrogen) atoms. The predicted molar refractivity (Wildman–Crippen MR) is 98.5 cm³/mol. The molecule has 1 aromatic heterocycles. The van der Waals surface area contributed by atoms with E-state index >= 15 is 0 Å². The molecule has 0 radical (unpaired) electrons. The first kappa shape index (κ1) is 18.0. The van der Waals surface area contributed by atoms with Crippen molar-refractivity contribution in [1.82, 2.24) is 15.1 Å². The number of ether oxygens (including phenoxy) is 1. The van der Waals surface area contributed by atoms with Crippen LogP contribution in [0.3, 0.4) is 0 Å². The lowest BCUT2D eigenvalue weighted by atomic mass is 9.96. The lowest BCUT2D eigenvalue weighted by Crippen LogP contribution is -2.35. The average molecular weight is 352 g/mol. The number of hydrogen-bond acceptors (Lipinski definition) is 4. The Hall–Kier alpha value is -2.81. The maximum Gasteiger partial charge on any atom is 0.407 e. The highest BCUT2D eigenvalue weighted by Gasteiger charge is 2.27. The van der Waals surface area contributed by atoms with E-state index in [2.05, 4.69) is 16.5 Å². The topological polar surface area (TPSA) is 79.9 Å². The minimum Gasteiger partial charge on any atom is -0.444 e. The second-order valence-corrected chi connectivity index (χ2v) is 7.78. The smallest absolute Gasteiger partial charge is 0.407 e. The molecule has 0 saturated carbocycles. The summed E-state index contributed by atoms with van der Waals surface area (Å²) in [4.78, 5) is 11.8. The highest BCUT2D eigenvalue weighted by Crippen LogP contribution is 2.32. The zero-order valence-electron chi connectivity index (χ0n) is 15.7. The number of aryl methyl sites for hydroxylation is 1. The molecule has 0 fully saturated rings. The molecule has 1 aromatic carbocycles. The van der Waals surface area contributed by atoms with Crippen molar-refractivity contribution in [3.8, 4) is 17.2 Å². The average Bonchev–Trinajstić information content (AvgIpc) is 3.11. The number of carbonyl (C=O) groups is 1. The van der Waals surface area contributed by atoms with Gasteiger partial charge in [-0.2, -0.15) is 10.4 Å². The van der Waals surface area contributed by atoms with E-state index in [0.717, 1.165) is 29.7 Å². The highest BCUT2D eigenvalue weighted by atomic mass is 16.6. The summed E-state index contributed by atoms with van der Waals surface area (Å²) >= 11 is 0. The van der Waals surface area contributed by atoms with E-state index in [1.807, 2.05) is 56.8 Å². The summed E-state index contributed by atoms with van der Waals surface area (Å²) in [6.45, 7) is 8.90. The summed E-state index contributed by atoms with van der Waals surface area (Å²) < 4.78 is 7.30. The van der Waals surface area contributed by atoms with Gasteiger partial charge in [0.15, 0.2) is 0 Å². The van der Waals surface area contributed by atoms with E-state index in [1.54, 1.807) is 0 Å². The van der Waals surface area contributed by atoms with E-state index in [1.165, 1.54) is 5.69 Å². The monoisotopic (exact) mass is 352 g/mol. The van der Waals surface area contributed by atoms with E-state index in [4.69, 9.17) is 10.00 Å². The second kappa shape index (κ2) is 6.83. The van der Waals surface area contributed by atoms with Crippen molar-refractivity contribution in [2.75, 3.05) is 6.54 Å². The van der Waals surface area contributed by atoms with Crippen molar-refractivity contribution < 1.29 is 9.53 Å². The third-order valence-electron chi connectivity index (χ3n) is 4.44. The Balaban J connectivity index is 1.68. The van der Waals surface area contributed by atoms with Crippen molar-refractivity contribution in [2.24, 2.45) is 5.92 Å². The van der Waals surface area contributed by atoms with Gasteiger partial charge in [0.25, 0.3) is 0 Å². The van der Waals surface area contributed by atoms with Crippen LogP contribution >= 0.6 is 0 Å². The summed E-state index contributed by atoms with van der Waals surface area (Å²) in [5, 5.41) is 16.4. The molecule has 0 saturated heterocycles. The molecule has 6 nitrogen and oxygen atoms in total. The SMILES string of the molecule is Cc1cc(C#N)ccc1-c1cnn2c1CC(CNC(=O)OC(C)(C)C)C2. The molecule has 2 heterocycles. The molecule has 2 aromatic rings. The number of nitriles is 1. The number of carbonyl (C=O) groups excluding carboxylic acids is 1. The first-order valence-electron chi connectivity index (χ1n) is 8.79. The van der Waals surface area contributed by atoms with Crippen LogP contribution in [0.5, 0.6) is 0 Å². The quantitative estimate of drug-likeness (QED) is 0.918. The fourth-order valence-corrected chi connectivity index (χ4v) is 3.30. The number of nitrogens with zero attached hydrogens (tertiary/aromatic N) is 3. The molecular weight excluding hydrogens is 328 g/mol. The molecule has 0 aliphatic carbocycles. The second-order valence-electron chi connectivity index (χ2n) is 7.78. The Kier molecular flexibility index (Phi) is 4.73. The number of rotatable bonds is 3. The largest absolute Gasteiger partial charge is 0.444 e. The van der Waals surface area contributed by atoms with E-state index < -0.39 is 5.60 Å². The number of nitrogens with one attached hydrogen (secondary N) is 1. The molecule has 1 unspecified atom stereocenters. The summed E-state index contributed by atoms with van der Waals surface area (Å²) in [5.74, 6) is 0.295. The molecule has 3 rings (SSSR count). The van der Waals surface area contributed by atoms with Crippen molar-refractivity contribution in [3.05, 3.63) is 41.2 Å². The van der Waals surface area contributed by atoms with Crippen LogP contribution in [0.25, 0.3) is 11.1 Å². The molecule has 1 aliphatic heterocycles. The van der Waals surface area contributed by atoms with E-state index in [-0.39, 0.29) is 6.09 Å². The van der Waals surface area contributed by atoms with Crippen molar-refractivity contribution >= 4 is 6.09 Å². The van der Waals surface area contributed by atoms with Gasteiger partial charge in [-0.1, -0.05) is 6.07 Å². The van der Waals surface area contributed by atoms with Crippen molar-refractivity contribution in [2.45, 2.75) is 46.3 Å². The first-order chi connectivity index (χ1) is 12.3. The summed E-state index contributed by atoms with van der Waals surface area (Å²) in [7, 11) is 0. The van der Waals surface area contributed by atoms with Crippen LogP contribution in [0.4, 0.5) is 4.79 Å². The van der Waals surface area contributed by atoms with Gasteiger partial charge in [-0.05, 0) is 57.4 Å². The van der Waals surface area contributed by atoms with E-state index in [0.29, 0.717) is 18.0 Å². The van der Waals surface area contributed by atoms with Crippen LogP contribution in [-0.2, 0) is 17.7 Å². The van der Waals surface area contributed by atoms with Gasteiger partial charge in [0.1, 0.15) is 5.60 Å². The third kappa shape index (κ3) is 3.88. The summed E-state index contributed by atoms with van der Waals surface area (Å²) in [5.41, 5.74) is 4.61. The molecule has 0 bridgehead atoms. The van der Waals surface area contributed by atoms with Gasteiger partial charge in [-0.25, -0.2) is 4.79 Å². The first-order valence-corrected chi connectivity index (χ1v) is 8.79. The fourth-order valence-electron chi connectivity index (χ4n) is 3.30. The lowest BCUT2D eigenvalue weighted by Gasteiger charge is -2.20. The molecule has 0 spiro atoms. The van der Waals surface area contributed by atoms with Gasteiger partial charge in [-0.15, -0.1) is 0 Å². The standard InChI is InChI=1S/C20H24N4O2/c1-13-7-14(9-21)5-6-16(13)17-11-23-24-12-15(8-18(17)24)10-22-19(25)26-20(2,3)4/h5-7,11,15H,8,10,12H2,1-4H3,(H,22,25). The maximum absolute atomic E-state index is 11.8. The van der Waals surface area contributed by atoms with Gasteiger partial charge in [0.2, 0.25) is 0 Å². The maximum atomic E-state index is 11.8. The van der Waals surface area contributed by atoms with Crippen molar-refractivity contribution in [1.29, 1.82) is 5.26 Å². The van der Waals surface area contributed by atoms with Crippen LogP contribution in [0.1, 0.15) is 37.6 Å². The van der Waals surface area contributed by atoms with Gasteiger partial charge < -0.3 is 10.1 Å². The molecule has 1 aliphatic rings. The zero-order chi connectivity index (χ0) is 18.9. The third-order valence-corrected chi connectivity index (χ3v) is 4.44. The number of aromatic nitrogens is 2. The fraction of sp³-hybridized carbons (Fsp3) is 0.450. The molecule has 6 heteroatoms. The Morgan fingerprint density at radius 1 is 1.42 bits per heavy atom. The Labute approximate surface area is 153 Å². The minimum atomic E-state index is -0.493. The number of alkyl carbamates (subject to hydrolysis) is 1. The van der Waals surface area contributed by atoms with Crippen LogP contribution in [0.15, 0.2) is 24.4 Å². The van der Waals surface area contributed by atoms with Gasteiger partial charge in [0, 0.05) is 30.3 Å². The molecule has 136 valence electrons. The van der Waals surface area contributed by atoms with E-state index in [9.17, 15) is 4.79 Å². The van der Waals surface area contributed by atoms with Gasteiger partial charge in [-0.3, -0.25) is 4.68 Å². The number of fused-ring (bicyclic) bond motifs is 1. The predicted octanol–water partition coefficient (Wildman–Crippen LogP) is 3.43. The zero-order valence-corrected chi connectivity index (χ0v) is 15.7. The Morgan fingerprint density at radius 3 is 2.85 bits per heavy atom.